The van der Waals surface area contributed by atoms with Crippen molar-refractivity contribution in [2.45, 2.75) is 52.4 Å². The molecule has 0 rings (SSSR count). The molecule has 2 atom stereocenters. The minimum atomic E-state index is -2.50. The summed E-state index contributed by atoms with van der Waals surface area (Å²) in [6.07, 6.45) is 0. The Morgan fingerprint density at radius 1 is 0.765 bits per heavy atom. The van der Waals surface area contributed by atoms with E-state index in [0.29, 0.717) is 0 Å². The van der Waals surface area contributed by atoms with Crippen molar-refractivity contribution in [2.75, 3.05) is 7.11 Å². The average molecular weight is 313 g/mol. The van der Waals surface area contributed by atoms with E-state index in [1.165, 1.54) is 0 Å². The summed E-state index contributed by atoms with van der Waals surface area (Å²) < 4.78 is 23.6. The lowest BCUT2D eigenvalue weighted by molar-refractivity contribution is 0.199. The van der Waals surface area contributed by atoms with Crippen molar-refractivity contribution < 1.29 is 16.8 Å². The molecule has 4 nitrogen and oxygen atoms in total. The summed E-state index contributed by atoms with van der Waals surface area (Å²) in [5.74, 6) is 0. The molecule has 2 unspecified atom stereocenters. The molecule has 0 bridgehead atoms. The molecule has 0 fully saturated rings. The van der Waals surface area contributed by atoms with Crippen molar-refractivity contribution in [3.8, 4) is 0 Å². The maximum absolute atomic E-state index is 6.06. The third-order valence-electron chi connectivity index (χ3n) is 1.76. The van der Waals surface area contributed by atoms with Crippen LogP contribution in [0.15, 0.2) is 0 Å². The molecule has 0 saturated heterocycles. The molecule has 0 aliphatic rings. The summed E-state index contributed by atoms with van der Waals surface area (Å²) in [6.45, 7) is 17.0. The quantitative estimate of drug-likeness (QED) is 0.677. The Morgan fingerprint density at radius 2 is 1.24 bits per heavy atom. The Balaban J connectivity index is 4.48. The minimum absolute atomic E-state index is 1.53. The van der Waals surface area contributed by atoms with E-state index in [1.807, 2.05) is 6.55 Å². The topological polar surface area (TPSA) is 36.9 Å². The van der Waals surface area contributed by atoms with Gasteiger partial charge in [0.1, 0.15) is 0 Å². The van der Waals surface area contributed by atoms with Crippen molar-refractivity contribution in [3.63, 3.8) is 0 Å². The highest BCUT2D eigenvalue weighted by molar-refractivity contribution is 6.83. The van der Waals surface area contributed by atoms with Crippen LogP contribution in [0, 0.1) is 0 Å². The summed E-state index contributed by atoms with van der Waals surface area (Å²) in [7, 11) is -5.68. The molecule has 0 aliphatic carbocycles. The van der Waals surface area contributed by atoms with Gasteiger partial charge in [0, 0.05) is 13.7 Å². The van der Waals surface area contributed by atoms with Gasteiger partial charge in [-0.05, 0) is 45.8 Å². The minimum Gasteiger partial charge on any atom is -0.439 e. The molecule has 104 valence electrons. The SMILES string of the molecule is CO[Si](C)(O[SiH](C)O[Si](C)(C)C)O[Si](C)(C)C. The Kier molecular flexibility index (Phi) is 6.50. The van der Waals surface area contributed by atoms with Crippen LogP contribution >= 0.6 is 0 Å². The van der Waals surface area contributed by atoms with Gasteiger partial charge in [-0.3, -0.25) is 0 Å². The van der Waals surface area contributed by atoms with Crippen LogP contribution in [0.25, 0.3) is 0 Å². The molecule has 0 aliphatic heterocycles. The lowest BCUT2D eigenvalue weighted by Crippen LogP contribution is -2.53. The van der Waals surface area contributed by atoms with Crippen LogP contribution in [0.5, 0.6) is 0 Å². The van der Waals surface area contributed by atoms with Crippen LogP contribution in [-0.4, -0.2) is 41.8 Å². The summed E-state index contributed by atoms with van der Waals surface area (Å²) >= 11 is 0. The molecule has 0 heterocycles. The highest BCUT2D eigenvalue weighted by atomic mass is 28.5. The van der Waals surface area contributed by atoms with E-state index in [-0.39, 0.29) is 0 Å². The molecule has 0 aromatic carbocycles. The Labute approximate surface area is 111 Å². The largest absolute Gasteiger partial charge is 0.477 e. The third-order valence-corrected chi connectivity index (χ3v) is 13.6. The second-order valence-electron chi connectivity index (χ2n) is 6.20. The number of rotatable bonds is 7. The van der Waals surface area contributed by atoms with Gasteiger partial charge < -0.3 is 16.8 Å². The molecule has 8 heteroatoms. The summed E-state index contributed by atoms with van der Waals surface area (Å²) in [4.78, 5) is 0. The van der Waals surface area contributed by atoms with E-state index in [1.54, 1.807) is 7.11 Å². The van der Waals surface area contributed by atoms with Crippen LogP contribution in [0.3, 0.4) is 0 Å². The first-order chi connectivity index (χ1) is 7.37. The van der Waals surface area contributed by atoms with Gasteiger partial charge in [-0.1, -0.05) is 0 Å². The van der Waals surface area contributed by atoms with Crippen LogP contribution in [0.2, 0.25) is 52.4 Å². The fraction of sp³-hybridized carbons (Fsp3) is 1.00. The van der Waals surface area contributed by atoms with Gasteiger partial charge in [-0.15, -0.1) is 0 Å². The van der Waals surface area contributed by atoms with Crippen molar-refractivity contribution in [1.29, 1.82) is 0 Å². The standard InChI is InChI=1S/C9H28O4Si4/c1-10-17(9,13-16(6,7)8)12-14(2)11-15(3,4)5/h14H,1-9H3. The third kappa shape index (κ3) is 9.31. The lowest BCUT2D eigenvalue weighted by Gasteiger charge is -2.34. The van der Waals surface area contributed by atoms with Crippen LogP contribution < -0.4 is 0 Å². The van der Waals surface area contributed by atoms with Gasteiger partial charge in [-0.2, -0.15) is 0 Å². The zero-order valence-corrected chi connectivity index (χ0v) is 16.9. The first-order valence-electron chi connectivity index (χ1n) is 5.98. The Bertz CT molecular complexity index is 238. The molecule has 0 aromatic rings. The molecule has 17 heavy (non-hydrogen) atoms. The van der Waals surface area contributed by atoms with Crippen molar-refractivity contribution in [1.82, 2.24) is 0 Å². The van der Waals surface area contributed by atoms with E-state index < -0.39 is 34.7 Å². The monoisotopic (exact) mass is 312 g/mol. The predicted octanol–water partition coefficient (Wildman–Crippen LogP) is 2.77. The van der Waals surface area contributed by atoms with Crippen LogP contribution in [0.4, 0.5) is 0 Å². The van der Waals surface area contributed by atoms with E-state index >= 15 is 0 Å². The average Bonchev–Trinajstić information content (AvgIpc) is 1.95. The maximum Gasteiger partial charge on any atom is 0.477 e. The van der Waals surface area contributed by atoms with Gasteiger partial charge in [0.2, 0.25) is 0 Å². The second-order valence-corrected chi connectivity index (χ2v) is 20.6. The Morgan fingerprint density at radius 3 is 1.53 bits per heavy atom. The second kappa shape index (κ2) is 6.24. The zero-order valence-electron chi connectivity index (χ0n) is 12.7. The zero-order chi connectivity index (χ0) is 13.9. The highest BCUT2D eigenvalue weighted by Gasteiger charge is 2.41. The van der Waals surface area contributed by atoms with Crippen molar-refractivity contribution >= 4 is 34.7 Å². The van der Waals surface area contributed by atoms with E-state index in [0.717, 1.165) is 0 Å². The van der Waals surface area contributed by atoms with Crippen LogP contribution in [-0.2, 0) is 16.8 Å². The molecular weight excluding hydrogens is 284 g/mol. The molecule has 0 radical (unpaired) electrons. The first kappa shape index (κ1) is 17.7. The summed E-state index contributed by atoms with van der Waals surface area (Å²) in [5.41, 5.74) is 0. The number of hydrogen-bond donors (Lipinski definition) is 0. The van der Waals surface area contributed by atoms with E-state index in [9.17, 15) is 0 Å². The number of hydrogen-bond acceptors (Lipinski definition) is 4. The van der Waals surface area contributed by atoms with Gasteiger partial charge in [0.05, 0.1) is 0 Å². The van der Waals surface area contributed by atoms with E-state index in [4.69, 9.17) is 16.8 Å². The molecular formula is C9H28O4Si4. The molecule has 0 amide bonds. The normalized spacial score (nSPS) is 18.9. The van der Waals surface area contributed by atoms with Gasteiger partial charge >= 0.3 is 18.1 Å². The summed E-state index contributed by atoms with van der Waals surface area (Å²) in [5, 5.41) is 0. The molecule has 0 saturated carbocycles. The fourth-order valence-electron chi connectivity index (χ4n) is 1.49. The van der Waals surface area contributed by atoms with Gasteiger partial charge in [0.15, 0.2) is 16.6 Å². The fourth-order valence-corrected chi connectivity index (χ4v) is 14.3. The molecule has 0 aromatic heterocycles. The first-order valence-corrected chi connectivity index (χ1v) is 17.1. The van der Waals surface area contributed by atoms with Gasteiger partial charge in [-0.25, -0.2) is 0 Å². The predicted molar refractivity (Wildman–Crippen MR) is 81.6 cm³/mol. The maximum atomic E-state index is 6.06. The van der Waals surface area contributed by atoms with Gasteiger partial charge in [0.25, 0.3) is 0 Å². The van der Waals surface area contributed by atoms with Crippen molar-refractivity contribution in [2.24, 2.45) is 0 Å². The van der Waals surface area contributed by atoms with Crippen molar-refractivity contribution in [3.05, 3.63) is 0 Å². The molecule has 0 N–H and O–H groups in total. The lowest BCUT2D eigenvalue weighted by atomic mass is 11.8. The summed E-state index contributed by atoms with van der Waals surface area (Å²) in [6, 6.07) is 0. The smallest absolute Gasteiger partial charge is 0.439 e. The molecule has 0 spiro atoms. The van der Waals surface area contributed by atoms with E-state index in [2.05, 4.69) is 45.8 Å². The Hall–Kier alpha value is 0.708. The highest BCUT2D eigenvalue weighted by Crippen LogP contribution is 2.18. The van der Waals surface area contributed by atoms with Crippen LogP contribution in [0.1, 0.15) is 0 Å².